The number of pyridine rings is 1. The minimum Gasteiger partial charge on any atom is -0.493 e. The fraction of sp³-hybridized carbons (Fsp3) is 0.250. The summed E-state index contributed by atoms with van der Waals surface area (Å²) in [5.41, 5.74) is 3.19. The summed E-state index contributed by atoms with van der Waals surface area (Å²) < 4.78 is 5.52. The second kappa shape index (κ2) is 3.11. The molecule has 0 radical (unpaired) electrons. The lowest BCUT2D eigenvalue weighted by molar-refractivity contribution is 0.357. The van der Waals surface area contributed by atoms with Crippen LogP contribution >= 0.6 is 11.6 Å². The van der Waals surface area contributed by atoms with Gasteiger partial charge >= 0.3 is 0 Å². The minimum absolute atomic E-state index is 0.585. The van der Waals surface area contributed by atoms with Crippen molar-refractivity contribution in [3.8, 4) is 5.75 Å². The Kier molecular flexibility index (Phi) is 1.86. The van der Waals surface area contributed by atoms with Gasteiger partial charge in [-0.05, 0) is 36.2 Å². The van der Waals surface area contributed by atoms with E-state index in [1.165, 1.54) is 5.56 Å². The molecule has 15 heavy (non-hydrogen) atoms. The van der Waals surface area contributed by atoms with E-state index >= 15 is 0 Å². The van der Waals surface area contributed by atoms with Crippen LogP contribution in [0.2, 0.25) is 5.15 Å². The van der Waals surface area contributed by atoms with E-state index < -0.39 is 0 Å². The van der Waals surface area contributed by atoms with Gasteiger partial charge < -0.3 is 4.74 Å². The Bertz CT molecular complexity index is 502. The number of halogens is 1. The molecule has 2 heterocycles. The Morgan fingerprint density at radius 1 is 1.33 bits per heavy atom. The van der Waals surface area contributed by atoms with Gasteiger partial charge in [0.2, 0.25) is 0 Å². The van der Waals surface area contributed by atoms with Gasteiger partial charge in [0.1, 0.15) is 10.9 Å². The lowest BCUT2D eigenvalue weighted by Crippen LogP contribution is -1.86. The Balaban J connectivity index is 2.34. The molecule has 0 bridgehead atoms. The highest BCUT2D eigenvalue weighted by Crippen LogP contribution is 2.31. The maximum atomic E-state index is 6.00. The standard InChI is InChI=1S/C12H10ClNO/c1-7-4-9-6-11-8(2-3-15-11)5-10(9)14-12(7)13/h4-6H,2-3H2,1H3. The Morgan fingerprint density at radius 2 is 2.20 bits per heavy atom. The zero-order valence-electron chi connectivity index (χ0n) is 8.38. The Morgan fingerprint density at radius 3 is 3.07 bits per heavy atom. The van der Waals surface area contributed by atoms with Crippen LogP contribution in [-0.4, -0.2) is 11.6 Å². The van der Waals surface area contributed by atoms with Gasteiger partial charge in [0.25, 0.3) is 0 Å². The molecule has 2 nitrogen and oxygen atoms in total. The van der Waals surface area contributed by atoms with Crippen molar-refractivity contribution in [2.24, 2.45) is 0 Å². The molecule has 0 saturated carbocycles. The van der Waals surface area contributed by atoms with Crippen LogP contribution in [0.1, 0.15) is 11.1 Å². The number of aryl methyl sites for hydroxylation is 1. The number of hydrogen-bond donors (Lipinski definition) is 0. The molecule has 3 heteroatoms. The van der Waals surface area contributed by atoms with Crippen molar-refractivity contribution in [3.05, 3.63) is 34.5 Å². The number of aromatic nitrogens is 1. The van der Waals surface area contributed by atoms with E-state index in [-0.39, 0.29) is 0 Å². The van der Waals surface area contributed by atoms with Gasteiger partial charge in [0.05, 0.1) is 12.1 Å². The van der Waals surface area contributed by atoms with Crippen molar-refractivity contribution in [2.75, 3.05) is 6.61 Å². The van der Waals surface area contributed by atoms with Gasteiger partial charge in [0, 0.05) is 11.8 Å². The van der Waals surface area contributed by atoms with E-state index in [2.05, 4.69) is 11.1 Å². The molecular weight excluding hydrogens is 210 g/mol. The number of fused-ring (bicyclic) bond motifs is 2. The summed E-state index contributed by atoms with van der Waals surface area (Å²) in [6, 6.07) is 6.17. The molecule has 0 atom stereocenters. The highest BCUT2D eigenvalue weighted by atomic mass is 35.5. The molecule has 0 amide bonds. The highest BCUT2D eigenvalue weighted by molar-refractivity contribution is 6.30. The third kappa shape index (κ3) is 1.37. The number of hydrogen-bond acceptors (Lipinski definition) is 2. The molecule has 1 aliphatic rings. The second-order valence-corrected chi connectivity index (χ2v) is 4.21. The predicted molar refractivity (Wildman–Crippen MR) is 60.7 cm³/mol. The van der Waals surface area contributed by atoms with E-state index in [0.717, 1.165) is 35.2 Å². The summed E-state index contributed by atoms with van der Waals surface area (Å²) in [7, 11) is 0. The average molecular weight is 220 g/mol. The number of rotatable bonds is 0. The summed E-state index contributed by atoms with van der Waals surface area (Å²) in [6.07, 6.45) is 0.971. The van der Waals surface area contributed by atoms with Crippen LogP contribution in [0.4, 0.5) is 0 Å². The molecule has 1 aromatic heterocycles. The molecule has 2 aromatic rings. The largest absolute Gasteiger partial charge is 0.493 e. The summed E-state index contributed by atoms with van der Waals surface area (Å²) in [5.74, 6) is 0.992. The van der Waals surface area contributed by atoms with Crippen molar-refractivity contribution in [2.45, 2.75) is 13.3 Å². The summed E-state index contributed by atoms with van der Waals surface area (Å²) in [4.78, 5) is 4.36. The zero-order chi connectivity index (χ0) is 10.4. The van der Waals surface area contributed by atoms with Crippen molar-refractivity contribution in [3.63, 3.8) is 0 Å². The van der Waals surface area contributed by atoms with Crippen LogP contribution in [0.5, 0.6) is 5.75 Å². The molecule has 0 spiro atoms. The second-order valence-electron chi connectivity index (χ2n) is 3.85. The van der Waals surface area contributed by atoms with Crippen LogP contribution in [-0.2, 0) is 6.42 Å². The van der Waals surface area contributed by atoms with Crippen molar-refractivity contribution < 1.29 is 4.74 Å². The average Bonchev–Trinajstić information content (AvgIpc) is 2.63. The van der Waals surface area contributed by atoms with E-state index in [4.69, 9.17) is 16.3 Å². The van der Waals surface area contributed by atoms with Crippen LogP contribution in [0.3, 0.4) is 0 Å². The molecule has 0 N–H and O–H groups in total. The van der Waals surface area contributed by atoms with E-state index in [1.807, 2.05) is 19.1 Å². The topological polar surface area (TPSA) is 22.1 Å². The molecular formula is C12H10ClNO. The van der Waals surface area contributed by atoms with Crippen LogP contribution < -0.4 is 4.74 Å². The van der Waals surface area contributed by atoms with E-state index in [0.29, 0.717) is 5.15 Å². The lowest BCUT2D eigenvalue weighted by Gasteiger charge is -2.04. The van der Waals surface area contributed by atoms with Gasteiger partial charge in [0.15, 0.2) is 0 Å². The Labute approximate surface area is 92.8 Å². The van der Waals surface area contributed by atoms with Gasteiger partial charge in [-0.15, -0.1) is 0 Å². The van der Waals surface area contributed by atoms with Gasteiger partial charge in [-0.3, -0.25) is 0 Å². The van der Waals surface area contributed by atoms with Crippen molar-refractivity contribution >= 4 is 22.5 Å². The molecule has 0 fully saturated rings. The SMILES string of the molecule is Cc1cc2cc3c(cc2nc1Cl)CCO3. The minimum atomic E-state index is 0.585. The third-order valence-electron chi connectivity index (χ3n) is 2.75. The fourth-order valence-corrected chi connectivity index (χ4v) is 2.07. The maximum absolute atomic E-state index is 6.00. The predicted octanol–water partition coefficient (Wildman–Crippen LogP) is 3.13. The quantitative estimate of drug-likeness (QED) is 0.635. The first kappa shape index (κ1) is 8.98. The summed E-state index contributed by atoms with van der Waals surface area (Å²) in [6.45, 7) is 2.74. The molecule has 1 aliphatic heterocycles. The van der Waals surface area contributed by atoms with Gasteiger partial charge in [-0.1, -0.05) is 11.6 Å². The highest BCUT2D eigenvalue weighted by Gasteiger charge is 2.13. The smallest absolute Gasteiger partial charge is 0.132 e. The zero-order valence-corrected chi connectivity index (χ0v) is 9.14. The van der Waals surface area contributed by atoms with Gasteiger partial charge in [-0.25, -0.2) is 4.98 Å². The third-order valence-corrected chi connectivity index (χ3v) is 3.14. The van der Waals surface area contributed by atoms with Gasteiger partial charge in [-0.2, -0.15) is 0 Å². The molecule has 76 valence electrons. The number of benzene rings is 1. The first-order valence-electron chi connectivity index (χ1n) is 4.96. The number of nitrogens with zero attached hydrogens (tertiary/aromatic N) is 1. The summed E-state index contributed by atoms with van der Waals surface area (Å²) in [5, 5.41) is 1.68. The lowest BCUT2D eigenvalue weighted by atomic mass is 10.1. The van der Waals surface area contributed by atoms with Crippen molar-refractivity contribution in [1.82, 2.24) is 4.98 Å². The first-order valence-corrected chi connectivity index (χ1v) is 5.34. The Hall–Kier alpha value is -1.28. The fourth-order valence-electron chi connectivity index (χ4n) is 1.93. The van der Waals surface area contributed by atoms with Crippen LogP contribution in [0.15, 0.2) is 18.2 Å². The molecule has 0 saturated heterocycles. The molecule has 3 rings (SSSR count). The van der Waals surface area contributed by atoms with E-state index in [9.17, 15) is 0 Å². The van der Waals surface area contributed by atoms with Crippen molar-refractivity contribution in [1.29, 1.82) is 0 Å². The first-order chi connectivity index (χ1) is 7.24. The normalized spacial score (nSPS) is 14.0. The monoisotopic (exact) mass is 219 g/mol. The maximum Gasteiger partial charge on any atom is 0.132 e. The molecule has 1 aromatic carbocycles. The van der Waals surface area contributed by atoms with Crippen LogP contribution in [0.25, 0.3) is 10.9 Å². The number of ether oxygens (including phenoxy) is 1. The molecule has 0 unspecified atom stereocenters. The molecule has 0 aliphatic carbocycles. The van der Waals surface area contributed by atoms with E-state index in [1.54, 1.807) is 0 Å². The summed E-state index contributed by atoms with van der Waals surface area (Å²) >= 11 is 6.00. The van der Waals surface area contributed by atoms with Crippen LogP contribution in [0, 0.1) is 6.92 Å².